The summed E-state index contributed by atoms with van der Waals surface area (Å²) in [5.41, 5.74) is 0. The molecule has 0 spiro atoms. The Morgan fingerprint density at radius 3 is 1.35 bits per heavy atom. The molecule has 0 amide bonds. The van der Waals surface area contributed by atoms with Crippen LogP contribution in [0.5, 0.6) is 0 Å². The van der Waals surface area contributed by atoms with Crippen LogP contribution in [-0.4, -0.2) is 70.7 Å². The molecule has 2 unspecified atom stereocenters. The summed E-state index contributed by atoms with van der Waals surface area (Å²) < 4.78 is 34.8. The fourth-order valence-corrected chi connectivity index (χ4v) is 7.89. The lowest BCUT2D eigenvalue weighted by Crippen LogP contribution is -2.37. The molecule has 65 heavy (non-hydrogen) atoms. The van der Waals surface area contributed by atoms with E-state index in [1.807, 2.05) is 21.1 Å². The van der Waals surface area contributed by atoms with Gasteiger partial charge in [-0.3, -0.25) is 9.36 Å². The van der Waals surface area contributed by atoms with Gasteiger partial charge in [0.1, 0.15) is 19.3 Å². The Morgan fingerprint density at radius 1 is 0.492 bits per heavy atom. The van der Waals surface area contributed by atoms with E-state index in [-0.39, 0.29) is 25.8 Å². The minimum absolute atomic E-state index is 0.0206. The van der Waals surface area contributed by atoms with Crippen LogP contribution >= 0.6 is 7.82 Å². The lowest BCUT2D eigenvalue weighted by atomic mass is 10.1. The second-order valence-electron chi connectivity index (χ2n) is 18.9. The number of allylic oxidation sites excluding steroid dienone is 12. The maximum absolute atomic E-state index is 12.8. The second-order valence-corrected chi connectivity index (χ2v) is 20.3. The molecule has 0 heterocycles. The third-order valence-electron chi connectivity index (χ3n) is 11.2. The van der Waals surface area contributed by atoms with Crippen LogP contribution in [0.15, 0.2) is 72.9 Å². The summed E-state index contributed by atoms with van der Waals surface area (Å²) in [6, 6.07) is 0. The number of quaternary nitrogens is 1. The minimum atomic E-state index is -4.54. The van der Waals surface area contributed by atoms with Crippen LogP contribution in [0.3, 0.4) is 0 Å². The van der Waals surface area contributed by atoms with Gasteiger partial charge in [0.25, 0.3) is 7.82 Å². The second kappa shape index (κ2) is 48.4. The van der Waals surface area contributed by atoms with Crippen molar-refractivity contribution in [1.29, 1.82) is 0 Å². The molecule has 0 N–H and O–H groups in total. The average molecular weight is 932 g/mol. The van der Waals surface area contributed by atoms with Crippen LogP contribution in [0.4, 0.5) is 0 Å². The van der Waals surface area contributed by atoms with Crippen molar-refractivity contribution in [3.8, 4) is 0 Å². The monoisotopic (exact) mass is 932 g/mol. The molecule has 0 saturated carbocycles. The molecule has 0 radical (unpaired) electrons. The Kier molecular flexibility index (Phi) is 46.9. The molecule has 9 heteroatoms. The molecule has 0 rings (SSSR count). The predicted octanol–water partition coefficient (Wildman–Crippen LogP) is 16.0. The van der Waals surface area contributed by atoms with Crippen molar-refractivity contribution < 1.29 is 37.3 Å². The number of phosphoric acid groups is 1. The van der Waals surface area contributed by atoms with Crippen LogP contribution < -0.4 is 4.89 Å². The fraction of sp³-hybridized carbons (Fsp3) is 0.768. The lowest BCUT2D eigenvalue weighted by molar-refractivity contribution is -0.870. The van der Waals surface area contributed by atoms with Crippen LogP contribution in [0, 0.1) is 0 Å². The van der Waals surface area contributed by atoms with E-state index in [1.165, 1.54) is 122 Å². The van der Waals surface area contributed by atoms with Crippen molar-refractivity contribution in [2.24, 2.45) is 0 Å². The van der Waals surface area contributed by atoms with Gasteiger partial charge in [0, 0.05) is 13.0 Å². The highest BCUT2D eigenvalue weighted by molar-refractivity contribution is 7.45. The minimum Gasteiger partial charge on any atom is -0.756 e. The van der Waals surface area contributed by atoms with Crippen LogP contribution in [0.2, 0.25) is 0 Å². The predicted molar refractivity (Wildman–Crippen MR) is 277 cm³/mol. The number of phosphoric ester groups is 1. The van der Waals surface area contributed by atoms with Crippen LogP contribution in [-0.2, 0) is 27.9 Å². The van der Waals surface area contributed by atoms with Crippen molar-refractivity contribution in [3.05, 3.63) is 72.9 Å². The average Bonchev–Trinajstić information content (AvgIpc) is 3.27. The first kappa shape index (κ1) is 62.9. The summed E-state index contributed by atoms with van der Waals surface area (Å²) in [6.07, 6.45) is 63.5. The molecule has 0 saturated heterocycles. The molecular weight excluding hydrogens is 830 g/mol. The van der Waals surface area contributed by atoms with Gasteiger partial charge in [-0.25, -0.2) is 0 Å². The van der Waals surface area contributed by atoms with E-state index in [2.05, 4.69) is 86.8 Å². The van der Waals surface area contributed by atoms with Crippen molar-refractivity contribution in [2.75, 3.05) is 54.1 Å². The number of hydrogen-bond acceptors (Lipinski definition) is 7. The van der Waals surface area contributed by atoms with Crippen molar-refractivity contribution in [1.82, 2.24) is 0 Å². The Balaban J connectivity index is 4.16. The Bertz CT molecular complexity index is 1270. The van der Waals surface area contributed by atoms with Crippen molar-refractivity contribution in [2.45, 2.75) is 225 Å². The first-order valence-electron chi connectivity index (χ1n) is 26.7. The van der Waals surface area contributed by atoms with E-state index < -0.39 is 13.9 Å². The SMILES string of the molecule is CC/C=C\C/C=C\C/C=C\C/C=C\C/C=C\CCCCCCCCCC(=O)OC(COCCCCCCCCCCCC/C=C\CCCCCCCC)COP(=O)([O-])OCC[N+](C)(C)C. The normalized spacial score (nSPS) is 14.1. The van der Waals surface area contributed by atoms with E-state index in [0.717, 1.165) is 77.0 Å². The summed E-state index contributed by atoms with van der Waals surface area (Å²) in [7, 11) is 1.34. The van der Waals surface area contributed by atoms with E-state index in [9.17, 15) is 14.3 Å². The molecule has 8 nitrogen and oxygen atoms in total. The number of hydrogen-bond donors (Lipinski definition) is 0. The smallest absolute Gasteiger partial charge is 0.306 e. The number of nitrogens with zero attached hydrogens (tertiary/aromatic N) is 1. The lowest BCUT2D eigenvalue weighted by Gasteiger charge is -2.28. The zero-order valence-electron chi connectivity index (χ0n) is 42.9. The molecule has 2 atom stereocenters. The number of likely N-dealkylation sites (N-methyl/N-ethyl adjacent to an activating group) is 1. The molecule has 0 aliphatic heterocycles. The molecule has 0 aliphatic rings. The zero-order chi connectivity index (χ0) is 47.6. The molecule has 378 valence electrons. The van der Waals surface area contributed by atoms with E-state index >= 15 is 0 Å². The van der Waals surface area contributed by atoms with Gasteiger partial charge in [-0.2, -0.15) is 0 Å². The molecule has 0 aromatic heterocycles. The van der Waals surface area contributed by atoms with E-state index in [0.29, 0.717) is 24.1 Å². The number of carbonyl (C=O) groups excluding carboxylic acids is 1. The van der Waals surface area contributed by atoms with E-state index in [4.69, 9.17) is 18.5 Å². The summed E-state index contributed by atoms with van der Waals surface area (Å²) in [6.45, 7) is 5.29. The first-order valence-corrected chi connectivity index (χ1v) is 28.1. The number of carbonyl (C=O) groups is 1. The maximum Gasteiger partial charge on any atom is 0.306 e. The molecule has 0 aromatic carbocycles. The van der Waals surface area contributed by atoms with Gasteiger partial charge in [0.05, 0.1) is 34.4 Å². The van der Waals surface area contributed by atoms with Crippen molar-refractivity contribution in [3.63, 3.8) is 0 Å². The largest absolute Gasteiger partial charge is 0.756 e. The van der Waals surface area contributed by atoms with Gasteiger partial charge in [0.15, 0.2) is 0 Å². The van der Waals surface area contributed by atoms with Gasteiger partial charge >= 0.3 is 5.97 Å². The number of unbranched alkanes of at least 4 members (excludes halogenated alkanes) is 23. The summed E-state index contributed by atoms with van der Waals surface area (Å²) >= 11 is 0. The quantitative estimate of drug-likeness (QED) is 0.0197. The summed E-state index contributed by atoms with van der Waals surface area (Å²) in [5, 5.41) is 0. The maximum atomic E-state index is 12.8. The van der Waals surface area contributed by atoms with Gasteiger partial charge in [-0.15, -0.1) is 0 Å². The van der Waals surface area contributed by atoms with Gasteiger partial charge < -0.3 is 27.9 Å². The Morgan fingerprint density at radius 2 is 0.892 bits per heavy atom. The highest BCUT2D eigenvalue weighted by Gasteiger charge is 2.20. The zero-order valence-corrected chi connectivity index (χ0v) is 43.8. The van der Waals surface area contributed by atoms with E-state index in [1.54, 1.807) is 0 Å². The van der Waals surface area contributed by atoms with Gasteiger partial charge in [0.2, 0.25) is 0 Å². The highest BCUT2D eigenvalue weighted by atomic mass is 31.2. The Hall–Kier alpha value is -2.06. The van der Waals surface area contributed by atoms with Crippen LogP contribution in [0.1, 0.15) is 219 Å². The molecule has 0 bridgehead atoms. The number of esters is 1. The fourth-order valence-electron chi connectivity index (χ4n) is 7.16. The molecule has 0 aliphatic carbocycles. The number of ether oxygens (including phenoxy) is 2. The van der Waals surface area contributed by atoms with Gasteiger partial charge in [-0.1, -0.05) is 202 Å². The van der Waals surface area contributed by atoms with Gasteiger partial charge in [-0.05, 0) is 83.5 Å². The van der Waals surface area contributed by atoms with Crippen LogP contribution in [0.25, 0.3) is 0 Å². The molecule has 0 aromatic rings. The summed E-state index contributed by atoms with van der Waals surface area (Å²) in [4.78, 5) is 25.2. The van der Waals surface area contributed by atoms with Crippen molar-refractivity contribution >= 4 is 13.8 Å². The number of rotatable bonds is 49. The molecular formula is C56H102NO7P. The standard InChI is InChI=1S/C56H102NO7P/c1-6-8-10-12-14-16-18-20-22-24-26-28-29-30-31-33-35-37-39-41-43-45-47-49-56(58)64-55(54-63-65(59,60)62-52-50-57(3,4)5)53-61-51-48-46-44-42-40-38-36-34-32-27-25-23-21-19-17-15-13-11-9-7-2/h8,10,14,16,20-23,26,28,30-31,55H,6-7,9,11-13,15,17-19,24-25,27,29,32-54H2,1-5H3/b10-8-,16-14-,22-20-,23-21-,28-26-,31-30-. The summed E-state index contributed by atoms with van der Waals surface area (Å²) in [5.74, 6) is -0.346. The highest BCUT2D eigenvalue weighted by Crippen LogP contribution is 2.38. The Labute approximate surface area is 402 Å². The third kappa shape index (κ3) is 52.8. The topological polar surface area (TPSA) is 94.1 Å². The molecule has 0 fully saturated rings. The first-order chi connectivity index (χ1) is 31.6. The third-order valence-corrected chi connectivity index (χ3v) is 12.2.